The summed E-state index contributed by atoms with van der Waals surface area (Å²) >= 11 is 0. The SMILES string of the molecule is Cc1c(O)cncc1-c1ccc2cc(NC(=O)C3CC3F)ncc2c1. The van der Waals surface area contributed by atoms with E-state index in [4.69, 9.17) is 0 Å². The number of nitrogens with one attached hydrogen (secondary N) is 1. The summed E-state index contributed by atoms with van der Waals surface area (Å²) in [5.41, 5.74) is 2.53. The summed E-state index contributed by atoms with van der Waals surface area (Å²) in [6.45, 7) is 1.84. The van der Waals surface area contributed by atoms with E-state index in [1.165, 1.54) is 6.20 Å². The lowest BCUT2D eigenvalue weighted by molar-refractivity contribution is -0.117. The largest absolute Gasteiger partial charge is 0.506 e. The first kappa shape index (κ1) is 15.5. The van der Waals surface area contributed by atoms with Crippen molar-refractivity contribution in [3.63, 3.8) is 0 Å². The summed E-state index contributed by atoms with van der Waals surface area (Å²) in [5, 5.41) is 14.3. The number of hydrogen-bond acceptors (Lipinski definition) is 4. The third-order valence-corrected chi connectivity index (χ3v) is 4.52. The number of fused-ring (bicyclic) bond motifs is 1. The molecular formula is C19H16FN3O2. The number of carbonyl (C=O) groups is 1. The monoisotopic (exact) mass is 337 g/mol. The number of benzene rings is 1. The Hall–Kier alpha value is -3.02. The van der Waals surface area contributed by atoms with Crippen LogP contribution in [0.1, 0.15) is 12.0 Å². The molecule has 5 nitrogen and oxygen atoms in total. The molecule has 1 aromatic carbocycles. The molecule has 0 bridgehead atoms. The van der Waals surface area contributed by atoms with Gasteiger partial charge in [-0.3, -0.25) is 9.78 Å². The van der Waals surface area contributed by atoms with Gasteiger partial charge in [0, 0.05) is 28.9 Å². The number of carbonyl (C=O) groups excluding carboxylic acids is 1. The van der Waals surface area contributed by atoms with E-state index >= 15 is 0 Å². The van der Waals surface area contributed by atoms with Crippen molar-refractivity contribution in [2.24, 2.45) is 5.92 Å². The molecule has 1 saturated carbocycles. The standard InChI is InChI=1S/C19H16FN3O2/c1-10-15(8-21-9-17(10)24)12-3-2-11-5-18(22-7-13(11)4-12)23-19(25)14-6-16(14)20/h2-5,7-9,14,16,24H,6H2,1H3,(H,22,23,25). The number of aromatic nitrogens is 2. The average molecular weight is 337 g/mol. The summed E-state index contributed by atoms with van der Waals surface area (Å²) in [7, 11) is 0. The van der Waals surface area contributed by atoms with Gasteiger partial charge >= 0.3 is 0 Å². The van der Waals surface area contributed by atoms with Crippen LogP contribution in [-0.4, -0.2) is 27.2 Å². The summed E-state index contributed by atoms with van der Waals surface area (Å²) < 4.78 is 12.9. The predicted molar refractivity (Wildman–Crippen MR) is 93.0 cm³/mol. The Balaban J connectivity index is 1.65. The zero-order valence-corrected chi connectivity index (χ0v) is 13.5. The molecule has 0 radical (unpaired) electrons. The molecular weight excluding hydrogens is 321 g/mol. The summed E-state index contributed by atoms with van der Waals surface area (Å²) in [6.07, 6.45) is 4.06. The molecule has 2 N–H and O–H groups in total. The zero-order valence-electron chi connectivity index (χ0n) is 13.5. The first-order valence-electron chi connectivity index (χ1n) is 8.01. The maximum atomic E-state index is 12.9. The van der Waals surface area contributed by atoms with Crippen molar-refractivity contribution in [3.05, 3.63) is 48.4 Å². The second-order valence-corrected chi connectivity index (χ2v) is 6.31. The van der Waals surface area contributed by atoms with E-state index in [1.807, 2.05) is 25.1 Å². The van der Waals surface area contributed by atoms with Crippen LogP contribution in [0.25, 0.3) is 21.9 Å². The fourth-order valence-corrected chi connectivity index (χ4v) is 2.84. The van der Waals surface area contributed by atoms with Gasteiger partial charge in [0.05, 0.1) is 12.1 Å². The molecule has 25 heavy (non-hydrogen) atoms. The number of hydrogen-bond donors (Lipinski definition) is 2. The Bertz CT molecular complexity index is 990. The topological polar surface area (TPSA) is 75.1 Å². The molecule has 1 aliphatic rings. The van der Waals surface area contributed by atoms with Crippen LogP contribution in [-0.2, 0) is 4.79 Å². The number of pyridine rings is 2. The minimum Gasteiger partial charge on any atom is -0.506 e. The zero-order chi connectivity index (χ0) is 17.6. The van der Waals surface area contributed by atoms with Crippen molar-refractivity contribution in [2.75, 3.05) is 5.32 Å². The molecule has 4 rings (SSSR count). The third-order valence-electron chi connectivity index (χ3n) is 4.52. The van der Waals surface area contributed by atoms with Crippen molar-refractivity contribution in [1.82, 2.24) is 9.97 Å². The van der Waals surface area contributed by atoms with Crippen molar-refractivity contribution in [2.45, 2.75) is 19.5 Å². The minimum absolute atomic E-state index is 0.153. The predicted octanol–water partition coefficient (Wildman–Crippen LogP) is 3.61. The molecule has 1 amide bonds. The Morgan fingerprint density at radius 3 is 2.80 bits per heavy atom. The molecule has 1 fully saturated rings. The highest BCUT2D eigenvalue weighted by molar-refractivity contribution is 5.96. The third kappa shape index (κ3) is 2.91. The van der Waals surface area contributed by atoms with Crippen LogP contribution in [0, 0.1) is 12.8 Å². The Kier molecular flexibility index (Phi) is 3.60. The number of amides is 1. The number of nitrogens with zero attached hydrogens (tertiary/aromatic N) is 2. The van der Waals surface area contributed by atoms with Gasteiger partial charge in [0.15, 0.2) is 0 Å². The Morgan fingerprint density at radius 1 is 1.24 bits per heavy atom. The van der Waals surface area contributed by atoms with E-state index in [-0.39, 0.29) is 11.7 Å². The molecule has 6 heteroatoms. The number of rotatable bonds is 3. The van der Waals surface area contributed by atoms with Gasteiger partial charge in [-0.05, 0) is 36.4 Å². The first-order chi connectivity index (χ1) is 12.0. The molecule has 0 spiro atoms. The van der Waals surface area contributed by atoms with Gasteiger partial charge in [-0.2, -0.15) is 0 Å². The second kappa shape index (κ2) is 5.81. The minimum atomic E-state index is -1.03. The fraction of sp³-hybridized carbons (Fsp3) is 0.211. The molecule has 2 aromatic heterocycles. The number of aromatic hydroxyl groups is 1. The van der Waals surface area contributed by atoms with E-state index in [2.05, 4.69) is 15.3 Å². The van der Waals surface area contributed by atoms with Crippen LogP contribution in [0.3, 0.4) is 0 Å². The van der Waals surface area contributed by atoms with Crippen LogP contribution in [0.5, 0.6) is 5.75 Å². The lowest BCUT2D eigenvalue weighted by Gasteiger charge is -2.09. The van der Waals surface area contributed by atoms with Gasteiger partial charge in [0.2, 0.25) is 5.91 Å². The highest BCUT2D eigenvalue weighted by Gasteiger charge is 2.43. The highest BCUT2D eigenvalue weighted by atomic mass is 19.1. The Labute approximate surface area is 143 Å². The van der Waals surface area contributed by atoms with Gasteiger partial charge in [0.25, 0.3) is 0 Å². The number of halogens is 1. The highest BCUT2D eigenvalue weighted by Crippen LogP contribution is 2.35. The first-order valence-corrected chi connectivity index (χ1v) is 8.01. The van der Waals surface area contributed by atoms with Gasteiger partial charge in [0.1, 0.15) is 17.7 Å². The molecule has 1 aliphatic carbocycles. The van der Waals surface area contributed by atoms with Crippen molar-refractivity contribution >= 4 is 22.5 Å². The second-order valence-electron chi connectivity index (χ2n) is 6.31. The maximum Gasteiger partial charge on any atom is 0.231 e. The molecule has 2 unspecified atom stereocenters. The summed E-state index contributed by atoms with van der Waals surface area (Å²) in [5.74, 6) is -0.293. The van der Waals surface area contributed by atoms with Gasteiger partial charge in [-0.15, -0.1) is 0 Å². The van der Waals surface area contributed by atoms with E-state index in [1.54, 1.807) is 18.5 Å². The van der Waals surface area contributed by atoms with Crippen LogP contribution in [0.15, 0.2) is 42.9 Å². The lowest BCUT2D eigenvalue weighted by Crippen LogP contribution is -2.15. The normalized spacial score (nSPS) is 19.0. The van der Waals surface area contributed by atoms with E-state index in [0.717, 1.165) is 27.5 Å². The molecule has 2 atom stereocenters. The molecule has 126 valence electrons. The van der Waals surface area contributed by atoms with Crippen LogP contribution in [0.4, 0.5) is 10.2 Å². The van der Waals surface area contributed by atoms with Crippen molar-refractivity contribution < 1.29 is 14.3 Å². The quantitative estimate of drug-likeness (QED) is 0.766. The van der Waals surface area contributed by atoms with E-state index < -0.39 is 12.1 Å². The Morgan fingerprint density at radius 2 is 2.04 bits per heavy atom. The lowest BCUT2D eigenvalue weighted by atomic mass is 10.00. The van der Waals surface area contributed by atoms with Gasteiger partial charge < -0.3 is 10.4 Å². The molecule has 0 saturated heterocycles. The van der Waals surface area contributed by atoms with Crippen LogP contribution >= 0.6 is 0 Å². The van der Waals surface area contributed by atoms with Gasteiger partial charge in [-0.25, -0.2) is 9.37 Å². The van der Waals surface area contributed by atoms with Crippen molar-refractivity contribution in [1.29, 1.82) is 0 Å². The number of anilines is 1. The average Bonchev–Trinajstić information content (AvgIpc) is 3.34. The van der Waals surface area contributed by atoms with E-state index in [9.17, 15) is 14.3 Å². The van der Waals surface area contributed by atoms with Crippen LogP contribution in [0.2, 0.25) is 0 Å². The molecule has 3 aromatic rings. The summed E-state index contributed by atoms with van der Waals surface area (Å²) in [4.78, 5) is 20.1. The van der Waals surface area contributed by atoms with E-state index in [0.29, 0.717) is 12.2 Å². The van der Waals surface area contributed by atoms with Crippen LogP contribution < -0.4 is 5.32 Å². The maximum absolute atomic E-state index is 12.9. The number of alkyl halides is 1. The smallest absolute Gasteiger partial charge is 0.231 e. The summed E-state index contributed by atoms with van der Waals surface area (Å²) in [6, 6.07) is 7.56. The van der Waals surface area contributed by atoms with Gasteiger partial charge in [-0.1, -0.05) is 12.1 Å². The van der Waals surface area contributed by atoms with Crippen molar-refractivity contribution in [3.8, 4) is 16.9 Å². The fourth-order valence-electron chi connectivity index (χ4n) is 2.84. The molecule has 0 aliphatic heterocycles. The molecule has 2 heterocycles.